The van der Waals surface area contributed by atoms with E-state index < -0.39 is 11.7 Å². The molecule has 1 aromatic heterocycles. The molecule has 1 aliphatic heterocycles. The molecular formula is C15H10FN3O3S. The molecule has 2 aromatic carbocycles. The molecule has 8 heteroatoms. The van der Waals surface area contributed by atoms with E-state index in [0.29, 0.717) is 16.6 Å². The van der Waals surface area contributed by atoms with Crippen LogP contribution in [0.15, 0.2) is 36.4 Å². The molecule has 0 fully saturated rings. The number of anilines is 1. The number of aromatic nitrogens is 1. The van der Waals surface area contributed by atoms with E-state index in [9.17, 15) is 9.18 Å². The quantitative estimate of drug-likeness (QED) is 0.722. The maximum absolute atomic E-state index is 13.5. The van der Waals surface area contributed by atoms with E-state index in [0.717, 1.165) is 10.2 Å². The zero-order valence-electron chi connectivity index (χ0n) is 11.6. The smallest absolute Gasteiger partial charge is 0.272 e. The van der Waals surface area contributed by atoms with Crippen LogP contribution in [0, 0.1) is 5.82 Å². The zero-order chi connectivity index (χ0) is 15.8. The van der Waals surface area contributed by atoms with Gasteiger partial charge in [0.1, 0.15) is 5.82 Å². The van der Waals surface area contributed by atoms with Crippen molar-refractivity contribution < 1.29 is 18.7 Å². The van der Waals surface area contributed by atoms with E-state index in [1.165, 1.54) is 29.5 Å². The van der Waals surface area contributed by atoms with E-state index >= 15 is 0 Å². The van der Waals surface area contributed by atoms with Gasteiger partial charge in [-0.2, -0.15) is 0 Å². The first-order chi connectivity index (χ1) is 11.2. The van der Waals surface area contributed by atoms with Crippen molar-refractivity contribution in [3.63, 3.8) is 0 Å². The third kappa shape index (κ3) is 2.53. The van der Waals surface area contributed by atoms with Crippen LogP contribution in [-0.4, -0.2) is 17.7 Å². The van der Waals surface area contributed by atoms with Crippen molar-refractivity contribution in [1.29, 1.82) is 0 Å². The fourth-order valence-corrected chi connectivity index (χ4v) is 3.02. The Hall–Kier alpha value is -2.87. The number of ether oxygens (including phenoxy) is 2. The van der Waals surface area contributed by atoms with Crippen LogP contribution in [0.3, 0.4) is 0 Å². The predicted molar refractivity (Wildman–Crippen MR) is 83.2 cm³/mol. The number of nitrogens with zero attached hydrogens (tertiary/aromatic N) is 1. The standard InChI is InChI=1S/C15H10FN3O3S/c16-9-4-2-1-3-8(9)14(20)18-19-15-17-10-5-11-12(22-7-21-11)6-13(10)23-15/h1-6H,7H2,(H,17,19)(H,18,20). The molecule has 4 rings (SSSR count). The Morgan fingerprint density at radius 2 is 2.00 bits per heavy atom. The largest absolute Gasteiger partial charge is 0.454 e. The van der Waals surface area contributed by atoms with Crippen LogP contribution in [0.5, 0.6) is 11.5 Å². The van der Waals surface area contributed by atoms with E-state index in [4.69, 9.17) is 9.47 Å². The normalized spacial score (nSPS) is 12.4. The highest BCUT2D eigenvalue weighted by atomic mass is 32.1. The number of hydrogen-bond acceptors (Lipinski definition) is 6. The summed E-state index contributed by atoms with van der Waals surface area (Å²) in [5.74, 6) is 0.158. The minimum Gasteiger partial charge on any atom is -0.454 e. The molecular weight excluding hydrogens is 321 g/mol. The maximum Gasteiger partial charge on any atom is 0.272 e. The lowest BCUT2D eigenvalue weighted by atomic mass is 10.2. The Morgan fingerprint density at radius 3 is 2.83 bits per heavy atom. The molecule has 0 atom stereocenters. The lowest BCUT2D eigenvalue weighted by Crippen LogP contribution is -2.29. The molecule has 3 aromatic rings. The number of carbonyl (C=O) groups is 1. The second-order valence-corrected chi connectivity index (χ2v) is 5.78. The summed E-state index contributed by atoms with van der Waals surface area (Å²) in [4.78, 5) is 16.3. The zero-order valence-corrected chi connectivity index (χ0v) is 12.4. The summed E-state index contributed by atoms with van der Waals surface area (Å²) >= 11 is 1.34. The van der Waals surface area contributed by atoms with Crippen molar-refractivity contribution in [1.82, 2.24) is 10.4 Å². The molecule has 116 valence electrons. The number of nitrogens with one attached hydrogen (secondary N) is 2. The van der Waals surface area contributed by atoms with E-state index in [-0.39, 0.29) is 12.4 Å². The number of rotatable bonds is 3. The van der Waals surface area contributed by atoms with Gasteiger partial charge in [-0.05, 0) is 12.1 Å². The highest BCUT2D eigenvalue weighted by Crippen LogP contribution is 2.38. The molecule has 23 heavy (non-hydrogen) atoms. The van der Waals surface area contributed by atoms with E-state index in [1.807, 2.05) is 6.07 Å². The van der Waals surface area contributed by atoms with Gasteiger partial charge in [0.05, 0.1) is 15.8 Å². The summed E-state index contributed by atoms with van der Waals surface area (Å²) in [6.45, 7) is 0.205. The fraction of sp³-hybridized carbons (Fsp3) is 0.0667. The van der Waals surface area contributed by atoms with Crippen molar-refractivity contribution >= 4 is 32.6 Å². The van der Waals surface area contributed by atoms with Gasteiger partial charge in [-0.3, -0.25) is 15.6 Å². The first kappa shape index (κ1) is 13.8. The van der Waals surface area contributed by atoms with Crippen LogP contribution < -0.4 is 20.3 Å². The van der Waals surface area contributed by atoms with Gasteiger partial charge in [0.15, 0.2) is 11.5 Å². The summed E-state index contributed by atoms with van der Waals surface area (Å²) in [7, 11) is 0. The molecule has 0 unspecified atom stereocenters. The van der Waals surface area contributed by atoms with Gasteiger partial charge in [0, 0.05) is 12.1 Å². The van der Waals surface area contributed by atoms with E-state index in [1.54, 1.807) is 12.1 Å². The number of thiazole rings is 1. The number of benzene rings is 2. The lowest BCUT2D eigenvalue weighted by molar-refractivity contribution is 0.0958. The first-order valence-corrected chi connectivity index (χ1v) is 7.53. The Kier molecular flexibility index (Phi) is 3.23. The molecule has 0 spiro atoms. The number of halogens is 1. The first-order valence-electron chi connectivity index (χ1n) is 6.72. The predicted octanol–water partition coefficient (Wildman–Crippen LogP) is 2.92. The third-order valence-corrected chi connectivity index (χ3v) is 4.22. The Balaban J connectivity index is 1.52. The molecule has 2 N–H and O–H groups in total. The second-order valence-electron chi connectivity index (χ2n) is 4.75. The summed E-state index contributed by atoms with van der Waals surface area (Å²) in [5.41, 5.74) is 5.81. The Labute approximate surface area is 133 Å². The monoisotopic (exact) mass is 331 g/mol. The van der Waals surface area contributed by atoms with Crippen LogP contribution in [-0.2, 0) is 0 Å². The minimum atomic E-state index is -0.582. The molecule has 0 bridgehead atoms. The Bertz CT molecular complexity index is 871. The van der Waals surface area contributed by atoms with Crippen molar-refractivity contribution in [3.05, 3.63) is 47.8 Å². The summed E-state index contributed by atoms with van der Waals surface area (Å²) in [6, 6.07) is 9.36. The van der Waals surface area contributed by atoms with Crippen molar-refractivity contribution in [2.24, 2.45) is 0 Å². The lowest BCUT2D eigenvalue weighted by Gasteiger charge is -2.05. The van der Waals surface area contributed by atoms with Gasteiger partial charge in [0.2, 0.25) is 11.9 Å². The van der Waals surface area contributed by atoms with Gasteiger partial charge >= 0.3 is 0 Å². The minimum absolute atomic E-state index is 0.0399. The number of hydrazine groups is 1. The summed E-state index contributed by atoms with van der Waals surface area (Å²) in [5, 5.41) is 0.480. The number of fused-ring (bicyclic) bond motifs is 2. The van der Waals surface area contributed by atoms with Gasteiger partial charge < -0.3 is 9.47 Å². The molecule has 0 saturated heterocycles. The molecule has 6 nitrogen and oxygen atoms in total. The number of carbonyl (C=O) groups excluding carboxylic acids is 1. The average molecular weight is 331 g/mol. The van der Waals surface area contributed by atoms with Crippen LogP contribution in [0.4, 0.5) is 9.52 Å². The average Bonchev–Trinajstić information content (AvgIpc) is 3.15. The third-order valence-electron chi connectivity index (χ3n) is 3.28. The summed E-state index contributed by atoms with van der Waals surface area (Å²) < 4.78 is 25.0. The van der Waals surface area contributed by atoms with Crippen LogP contribution >= 0.6 is 11.3 Å². The van der Waals surface area contributed by atoms with Crippen LogP contribution in [0.2, 0.25) is 0 Å². The molecule has 0 radical (unpaired) electrons. The molecule has 0 aliphatic carbocycles. The molecule has 1 aliphatic rings. The Morgan fingerprint density at radius 1 is 1.22 bits per heavy atom. The topological polar surface area (TPSA) is 72.5 Å². The van der Waals surface area contributed by atoms with Gasteiger partial charge in [-0.15, -0.1) is 0 Å². The van der Waals surface area contributed by atoms with Crippen LogP contribution in [0.1, 0.15) is 10.4 Å². The van der Waals surface area contributed by atoms with Gasteiger partial charge in [-0.25, -0.2) is 9.37 Å². The van der Waals surface area contributed by atoms with Gasteiger partial charge in [0.25, 0.3) is 5.91 Å². The number of hydrogen-bond donors (Lipinski definition) is 2. The highest BCUT2D eigenvalue weighted by Gasteiger charge is 2.17. The second kappa shape index (κ2) is 5.40. The summed E-state index contributed by atoms with van der Waals surface area (Å²) in [6.07, 6.45) is 0. The van der Waals surface area contributed by atoms with Crippen molar-refractivity contribution in [3.8, 4) is 11.5 Å². The maximum atomic E-state index is 13.5. The van der Waals surface area contributed by atoms with Crippen molar-refractivity contribution in [2.75, 3.05) is 12.2 Å². The van der Waals surface area contributed by atoms with E-state index in [2.05, 4.69) is 15.8 Å². The molecule has 2 heterocycles. The van der Waals surface area contributed by atoms with Crippen LogP contribution in [0.25, 0.3) is 10.2 Å². The van der Waals surface area contributed by atoms with Crippen molar-refractivity contribution in [2.45, 2.75) is 0 Å². The SMILES string of the molecule is O=C(NNc1nc2cc3c(cc2s1)OCO3)c1ccccc1F. The highest BCUT2D eigenvalue weighted by molar-refractivity contribution is 7.22. The van der Waals surface area contributed by atoms with Gasteiger partial charge in [-0.1, -0.05) is 23.5 Å². The molecule has 1 amide bonds. The number of amides is 1. The fourth-order valence-electron chi connectivity index (χ4n) is 2.19. The molecule has 0 saturated carbocycles.